The number of nitro groups is 1. The second-order valence-corrected chi connectivity index (χ2v) is 6.36. The molecule has 1 aliphatic carbocycles. The average molecular weight is 289 g/mol. The molecule has 0 radical (unpaired) electrons. The lowest BCUT2D eigenvalue weighted by atomic mass is 10.0. The Bertz CT molecular complexity index is 520. The van der Waals surface area contributed by atoms with Gasteiger partial charge in [0, 0.05) is 25.2 Å². The molecule has 1 saturated carbocycles. The number of aryl methyl sites for hydroxylation is 1. The van der Waals surface area contributed by atoms with Gasteiger partial charge in [-0.3, -0.25) is 10.1 Å². The van der Waals surface area contributed by atoms with E-state index in [9.17, 15) is 10.1 Å². The summed E-state index contributed by atoms with van der Waals surface area (Å²) >= 11 is 0. The molecular weight excluding hydrogens is 266 g/mol. The fourth-order valence-electron chi connectivity index (χ4n) is 3.03. The molecule has 1 aromatic carbocycles. The van der Waals surface area contributed by atoms with Crippen molar-refractivity contribution < 1.29 is 4.92 Å². The Hall–Kier alpha value is -1.62. The van der Waals surface area contributed by atoms with E-state index in [-0.39, 0.29) is 10.6 Å². The van der Waals surface area contributed by atoms with Crippen molar-refractivity contribution in [2.45, 2.75) is 38.6 Å². The second-order valence-electron chi connectivity index (χ2n) is 6.36. The van der Waals surface area contributed by atoms with Gasteiger partial charge in [0.1, 0.15) is 5.69 Å². The van der Waals surface area contributed by atoms with Crippen LogP contribution in [-0.2, 0) is 0 Å². The highest BCUT2D eigenvalue weighted by molar-refractivity contribution is 5.64. The number of rotatable bonds is 5. The van der Waals surface area contributed by atoms with Crippen LogP contribution in [0.3, 0.4) is 0 Å². The van der Waals surface area contributed by atoms with Crippen molar-refractivity contribution in [1.29, 1.82) is 0 Å². The smallest absolute Gasteiger partial charge is 0.292 e. The predicted octanol–water partition coefficient (Wildman–Crippen LogP) is 2.87. The number of nitrogens with zero attached hydrogens (tertiary/aromatic N) is 2. The van der Waals surface area contributed by atoms with Crippen molar-refractivity contribution in [3.05, 3.63) is 33.9 Å². The molecule has 0 aromatic heterocycles. The van der Waals surface area contributed by atoms with E-state index in [1.54, 1.807) is 6.07 Å². The van der Waals surface area contributed by atoms with Gasteiger partial charge in [0.15, 0.2) is 0 Å². The molecule has 5 nitrogen and oxygen atoms in total. The third kappa shape index (κ3) is 3.53. The summed E-state index contributed by atoms with van der Waals surface area (Å²) in [5.41, 5.74) is 1.94. The third-order valence-electron chi connectivity index (χ3n) is 4.56. The van der Waals surface area contributed by atoms with Gasteiger partial charge in [-0.1, -0.05) is 6.07 Å². The molecule has 0 unspecified atom stereocenters. The lowest BCUT2D eigenvalue weighted by Gasteiger charge is -2.33. The van der Waals surface area contributed by atoms with Gasteiger partial charge in [-0.05, 0) is 56.7 Å². The molecule has 1 saturated heterocycles. The zero-order valence-corrected chi connectivity index (χ0v) is 12.5. The molecule has 0 amide bonds. The first kappa shape index (κ1) is 14.3. The minimum atomic E-state index is -0.264. The number of hydrogen-bond acceptors (Lipinski definition) is 4. The molecule has 1 aliphatic heterocycles. The highest BCUT2D eigenvalue weighted by Gasteiger charge is 2.26. The van der Waals surface area contributed by atoms with Crippen LogP contribution < -0.4 is 10.2 Å². The van der Waals surface area contributed by atoms with Gasteiger partial charge in [-0.25, -0.2) is 0 Å². The van der Waals surface area contributed by atoms with Gasteiger partial charge in [-0.2, -0.15) is 0 Å². The van der Waals surface area contributed by atoms with E-state index >= 15 is 0 Å². The van der Waals surface area contributed by atoms with Crippen LogP contribution in [0.25, 0.3) is 0 Å². The lowest BCUT2D eigenvalue weighted by Crippen LogP contribution is -2.43. The maximum atomic E-state index is 11.2. The van der Waals surface area contributed by atoms with Crippen LogP contribution in [0.1, 0.15) is 31.2 Å². The van der Waals surface area contributed by atoms with Crippen LogP contribution in [-0.4, -0.2) is 30.6 Å². The molecule has 2 fully saturated rings. The number of piperidine rings is 1. The van der Waals surface area contributed by atoms with E-state index < -0.39 is 0 Å². The zero-order valence-electron chi connectivity index (χ0n) is 12.5. The first-order valence-electron chi connectivity index (χ1n) is 7.87. The quantitative estimate of drug-likeness (QED) is 0.669. The van der Waals surface area contributed by atoms with Crippen molar-refractivity contribution in [2.24, 2.45) is 5.92 Å². The first-order chi connectivity index (χ1) is 10.1. The first-order valence-corrected chi connectivity index (χ1v) is 7.87. The number of hydrogen-bond donors (Lipinski definition) is 1. The van der Waals surface area contributed by atoms with Crippen molar-refractivity contribution >= 4 is 11.4 Å². The highest BCUT2D eigenvalue weighted by Crippen LogP contribution is 2.32. The Labute approximate surface area is 125 Å². The van der Waals surface area contributed by atoms with Gasteiger partial charge in [0.25, 0.3) is 5.69 Å². The number of nitrogens with one attached hydrogen (secondary N) is 1. The molecular formula is C16H23N3O2. The summed E-state index contributed by atoms with van der Waals surface area (Å²) in [7, 11) is 0. The van der Waals surface area contributed by atoms with Gasteiger partial charge in [-0.15, -0.1) is 0 Å². The number of nitro benzene ring substituents is 1. The summed E-state index contributed by atoms with van der Waals surface area (Å²) in [6.07, 6.45) is 4.89. The Morgan fingerprint density at radius 1 is 1.29 bits per heavy atom. The third-order valence-corrected chi connectivity index (χ3v) is 4.56. The molecule has 3 rings (SSSR count). The summed E-state index contributed by atoms with van der Waals surface area (Å²) < 4.78 is 0. The van der Waals surface area contributed by atoms with Gasteiger partial charge < -0.3 is 10.2 Å². The maximum absolute atomic E-state index is 11.2. The fourth-order valence-corrected chi connectivity index (χ4v) is 3.03. The second kappa shape index (κ2) is 6.02. The van der Waals surface area contributed by atoms with Crippen LogP contribution in [0, 0.1) is 23.0 Å². The highest BCUT2D eigenvalue weighted by atomic mass is 16.6. The predicted molar refractivity (Wildman–Crippen MR) is 83.8 cm³/mol. The molecule has 21 heavy (non-hydrogen) atoms. The Balaban J connectivity index is 1.62. The van der Waals surface area contributed by atoms with Crippen LogP contribution >= 0.6 is 0 Å². The van der Waals surface area contributed by atoms with E-state index in [0.717, 1.165) is 49.6 Å². The monoisotopic (exact) mass is 289 g/mol. The maximum Gasteiger partial charge on any atom is 0.292 e. The average Bonchev–Trinajstić information content (AvgIpc) is 3.30. The minimum Gasteiger partial charge on any atom is -0.366 e. The molecule has 0 bridgehead atoms. The normalized spacial score (nSPS) is 19.8. The molecule has 114 valence electrons. The Morgan fingerprint density at radius 3 is 2.62 bits per heavy atom. The molecule has 2 aliphatic rings. The summed E-state index contributed by atoms with van der Waals surface area (Å²) in [5, 5.41) is 14.9. The molecule has 0 spiro atoms. The van der Waals surface area contributed by atoms with Crippen LogP contribution in [0.4, 0.5) is 11.4 Å². The van der Waals surface area contributed by atoms with Crippen molar-refractivity contribution in [3.8, 4) is 0 Å². The number of anilines is 1. The van der Waals surface area contributed by atoms with Crippen LogP contribution in [0.2, 0.25) is 0 Å². The lowest BCUT2D eigenvalue weighted by molar-refractivity contribution is -0.384. The standard InChI is InChI=1S/C16H23N3O2/c1-12-2-5-15(16(10-12)19(20)21)18-8-6-14(7-9-18)17-11-13-3-4-13/h2,5,10,13-14,17H,3-4,6-9,11H2,1H3. The van der Waals surface area contributed by atoms with Gasteiger partial charge >= 0.3 is 0 Å². The topological polar surface area (TPSA) is 58.4 Å². The molecule has 1 N–H and O–H groups in total. The molecule has 1 aromatic rings. The van der Waals surface area contributed by atoms with Crippen molar-refractivity contribution in [1.82, 2.24) is 5.32 Å². The summed E-state index contributed by atoms with van der Waals surface area (Å²) in [5.74, 6) is 0.904. The van der Waals surface area contributed by atoms with E-state index in [0.29, 0.717) is 6.04 Å². The van der Waals surface area contributed by atoms with E-state index in [1.807, 2.05) is 19.1 Å². The summed E-state index contributed by atoms with van der Waals surface area (Å²) in [4.78, 5) is 13.1. The zero-order chi connectivity index (χ0) is 14.8. The molecule has 5 heteroatoms. The van der Waals surface area contributed by atoms with Crippen molar-refractivity contribution in [3.63, 3.8) is 0 Å². The van der Waals surface area contributed by atoms with Crippen molar-refractivity contribution in [2.75, 3.05) is 24.5 Å². The Kier molecular flexibility index (Phi) is 4.10. The molecule has 0 atom stereocenters. The van der Waals surface area contributed by atoms with E-state index in [1.165, 1.54) is 12.8 Å². The summed E-state index contributed by atoms with van der Waals surface area (Å²) in [6, 6.07) is 6.10. The van der Waals surface area contributed by atoms with Gasteiger partial charge in [0.2, 0.25) is 0 Å². The molecule has 1 heterocycles. The number of benzene rings is 1. The summed E-state index contributed by atoms with van der Waals surface area (Å²) in [6.45, 7) is 4.83. The van der Waals surface area contributed by atoms with Crippen LogP contribution in [0.5, 0.6) is 0 Å². The van der Waals surface area contributed by atoms with E-state index in [2.05, 4.69) is 10.2 Å². The van der Waals surface area contributed by atoms with Gasteiger partial charge in [0.05, 0.1) is 4.92 Å². The van der Waals surface area contributed by atoms with E-state index in [4.69, 9.17) is 0 Å². The minimum absolute atomic E-state index is 0.236. The largest absolute Gasteiger partial charge is 0.366 e. The Morgan fingerprint density at radius 2 is 2.00 bits per heavy atom. The fraction of sp³-hybridized carbons (Fsp3) is 0.625. The SMILES string of the molecule is Cc1ccc(N2CCC(NCC3CC3)CC2)c([N+](=O)[O-])c1. The van der Waals surface area contributed by atoms with Crippen LogP contribution in [0.15, 0.2) is 18.2 Å².